The third-order valence-electron chi connectivity index (χ3n) is 1.23. The van der Waals surface area contributed by atoms with E-state index in [1.54, 1.807) is 0 Å². The average molecular weight is 174 g/mol. The van der Waals surface area contributed by atoms with Crippen LogP contribution < -0.4 is 0 Å². The molecule has 1 unspecified atom stereocenters. The SMILES string of the molecule is ClCC(Cl)c1c[c]ccc1. The summed E-state index contributed by atoms with van der Waals surface area (Å²) in [4.78, 5) is 0. The fourth-order valence-electron chi connectivity index (χ4n) is 0.691. The van der Waals surface area contributed by atoms with Crippen molar-refractivity contribution >= 4 is 23.2 Å². The van der Waals surface area contributed by atoms with Crippen molar-refractivity contribution < 1.29 is 0 Å². The molecule has 0 aliphatic heterocycles. The van der Waals surface area contributed by atoms with Gasteiger partial charge in [-0.2, -0.15) is 0 Å². The van der Waals surface area contributed by atoms with Crippen LogP contribution in [-0.2, 0) is 0 Å². The molecule has 0 aliphatic rings. The van der Waals surface area contributed by atoms with Gasteiger partial charge in [-0.05, 0) is 17.7 Å². The van der Waals surface area contributed by atoms with Gasteiger partial charge in [0.1, 0.15) is 0 Å². The van der Waals surface area contributed by atoms with Gasteiger partial charge in [-0.25, -0.2) is 0 Å². The van der Waals surface area contributed by atoms with E-state index in [1.165, 1.54) is 0 Å². The summed E-state index contributed by atoms with van der Waals surface area (Å²) in [7, 11) is 0. The monoisotopic (exact) mass is 173 g/mol. The van der Waals surface area contributed by atoms with Gasteiger partial charge in [-0.1, -0.05) is 18.2 Å². The minimum atomic E-state index is -0.0842. The van der Waals surface area contributed by atoms with Crippen molar-refractivity contribution in [2.24, 2.45) is 0 Å². The molecule has 0 amide bonds. The average Bonchev–Trinajstić information content (AvgIpc) is 2.05. The van der Waals surface area contributed by atoms with Gasteiger partial charge in [-0.15, -0.1) is 23.2 Å². The predicted molar refractivity (Wildman–Crippen MR) is 44.6 cm³/mol. The standard InChI is InChI=1S/C8H7Cl2/c9-6-8(10)7-4-2-1-3-5-7/h1-2,4-5,8H,6H2. The number of hydrogen-bond donors (Lipinski definition) is 0. The van der Waals surface area contributed by atoms with Crippen molar-refractivity contribution in [3.63, 3.8) is 0 Å². The van der Waals surface area contributed by atoms with Crippen molar-refractivity contribution in [3.8, 4) is 0 Å². The van der Waals surface area contributed by atoms with Crippen LogP contribution in [0.15, 0.2) is 24.3 Å². The highest BCUT2D eigenvalue weighted by Crippen LogP contribution is 2.20. The second-order valence-electron chi connectivity index (χ2n) is 1.96. The quantitative estimate of drug-likeness (QED) is 0.604. The van der Waals surface area contributed by atoms with E-state index in [2.05, 4.69) is 6.07 Å². The van der Waals surface area contributed by atoms with E-state index in [4.69, 9.17) is 23.2 Å². The van der Waals surface area contributed by atoms with Crippen molar-refractivity contribution in [3.05, 3.63) is 35.9 Å². The molecule has 1 rings (SSSR count). The molecule has 0 saturated heterocycles. The number of benzene rings is 1. The lowest BCUT2D eigenvalue weighted by Gasteiger charge is -2.02. The molecule has 0 heterocycles. The molecule has 0 aromatic heterocycles. The number of rotatable bonds is 2. The van der Waals surface area contributed by atoms with Gasteiger partial charge in [0, 0.05) is 5.88 Å². The maximum absolute atomic E-state index is 5.84. The Morgan fingerprint density at radius 1 is 1.60 bits per heavy atom. The molecule has 10 heavy (non-hydrogen) atoms. The highest BCUT2D eigenvalue weighted by atomic mass is 35.5. The third-order valence-corrected chi connectivity index (χ3v) is 2.10. The summed E-state index contributed by atoms with van der Waals surface area (Å²) in [6.45, 7) is 0. The second-order valence-corrected chi connectivity index (χ2v) is 2.79. The van der Waals surface area contributed by atoms with E-state index >= 15 is 0 Å². The Balaban J connectivity index is 2.75. The summed E-state index contributed by atoms with van der Waals surface area (Å²) in [5.41, 5.74) is 1.03. The lowest BCUT2D eigenvalue weighted by Crippen LogP contribution is -1.89. The molecule has 0 fully saturated rings. The lowest BCUT2D eigenvalue weighted by atomic mass is 10.2. The Morgan fingerprint density at radius 2 is 2.40 bits per heavy atom. The maximum Gasteiger partial charge on any atom is 0.0720 e. The largest absolute Gasteiger partial charge is 0.125 e. The van der Waals surface area contributed by atoms with Crippen LogP contribution in [0.5, 0.6) is 0 Å². The first-order valence-electron chi connectivity index (χ1n) is 3.00. The molecular formula is C8H7Cl2. The molecule has 0 aliphatic carbocycles. The van der Waals surface area contributed by atoms with E-state index in [0.717, 1.165) is 5.56 Å². The van der Waals surface area contributed by atoms with Crippen molar-refractivity contribution in [1.29, 1.82) is 0 Å². The fraction of sp³-hybridized carbons (Fsp3) is 0.250. The molecule has 0 nitrogen and oxygen atoms in total. The van der Waals surface area contributed by atoms with Gasteiger partial charge in [-0.3, -0.25) is 0 Å². The lowest BCUT2D eigenvalue weighted by molar-refractivity contribution is 1.09. The molecule has 0 spiro atoms. The molecule has 1 atom stereocenters. The summed E-state index contributed by atoms with van der Waals surface area (Å²) in [5, 5.41) is -0.0842. The van der Waals surface area contributed by atoms with Crippen molar-refractivity contribution in [2.75, 3.05) is 5.88 Å². The molecule has 1 radical (unpaired) electrons. The minimum absolute atomic E-state index is 0.0842. The smallest absolute Gasteiger partial charge is 0.0720 e. The number of alkyl halides is 2. The van der Waals surface area contributed by atoms with Crippen LogP contribution in [0.3, 0.4) is 0 Å². The summed E-state index contributed by atoms with van der Waals surface area (Å²) in [6.07, 6.45) is 0. The topological polar surface area (TPSA) is 0 Å². The summed E-state index contributed by atoms with van der Waals surface area (Å²) >= 11 is 11.4. The van der Waals surface area contributed by atoms with Gasteiger partial charge in [0.05, 0.1) is 5.38 Å². The van der Waals surface area contributed by atoms with Crippen LogP contribution >= 0.6 is 23.2 Å². The Kier molecular flexibility index (Phi) is 3.04. The van der Waals surface area contributed by atoms with E-state index in [9.17, 15) is 0 Å². The van der Waals surface area contributed by atoms with Gasteiger partial charge in [0.25, 0.3) is 0 Å². The normalized spacial score (nSPS) is 13.0. The second kappa shape index (κ2) is 3.85. The summed E-state index contributed by atoms with van der Waals surface area (Å²) in [5.74, 6) is 0.444. The molecule has 2 heteroatoms. The van der Waals surface area contributed by atoms with Crippen LogP contribution in [-0.4, -0.2) is 5.88 Å². The third kappa shape index (κ3) is 1.89. The highest BCUT2D eigenvalue weighted by Gasteiger charge is 2.03. The zero-order chi connectivity index (χ0) is 7.40. The van der Waals surface area contributed by atoms with E-state index in [-0.39, 0.29) is 5.38 Å². The van der Waals surface area contributed by atoms with Crippen LogP contribution in [0.2, 0.25) is 0 Å². The summed E-state index contributed by atoms with van der Waals surface area (Å²) < 4.78 is 0. The minimum Gasteiger partial charge on any atom is -0.125 e. The van der Waals surface area contributed by atoms with E-state index in [0.29, 0.717) is 5.88 Å². The Morgan fingerprint density at radius 3 is 2.90 bits per heavy atom. The van der Waals surface area contributed by atoms with Gasteiger partial charge in [0.15, 0.2) is 0 Å². The first-order valence-corrected chi connectivity index (χ1v) is 3.97. The summed E-state index contributed by atoms with van der Waals surface area (Å²) in [6, 6.07) is 10.5. The van der Waals surface area contributed by atoms with E-state index in [1.807, 2.05) is 24.3 Å². The Labute approximate surface area is 70.8 Å². The molecule has 0 bridgehead atoms. The van der Waals surface area contributed by atoms with Gasteiger partial charge in [0.2, 0.25) is 0 Å². The van der Waals surface area contributed by atoms with Crippen LogP contribution in [0.1, 0.15) is 10.9 Å². The zero-order valence-corrected chi connectivity index (χ0v) is 6.86. The van der Waals surface area contributed by atoms with E-state index < -0.39 is 0 Å². The predicted octanol–water partition coefficient (Wildman–Crippen LogP) is 3.01. The molecule has 1 aromatic rings. The number of halogens is 2. The molecule has 53 valence electrons. The van der Waals surface area contributed by atoms with Crippen molar-refractivity contribution in [1.82, 2.24) is 0 Å². The molecular weight excluding hydrogens is 167 g/mol. The first kappa shape index (κ1) is 7.90. The molecule has 1 aromatic carbocycles. The van der Waals surface area contributed by atoms with Crippen LogP contribution in [0.4, 0.5) is 0 Å². The highest BCUT2D eigenvalue weighted by molar-refractivity contribution is 6.28. The van der Waals surface area contributed by atoms with Crippen LogP contribution in [0.25, 0.3) is 0 Å². The fourth-order valence-corrected chi connectivity index (χ4v) is 1.01. The Bertz CT molecular complexity index is 184. The zero-order valence-electron chi connectivity index (χ0n) is 5.35. The number of hydrogen-bond acceptors (Lipinski definition) is 0. The van der Waals surface area contributed by atoms with Crippen molar-refractivity contribution in [2.45, 2.75) is 5.38 Å². The molecule has 0 saturated carbocycles. The van der Waals surface area contributed by atoms with Gasteiger partial charge < -0.3 is 0 Å². The first-order chi connectivity index (χ1) is 4.84. The van der Waals surface area contributed by atoms with Gasteiger partial charge >= 0.3 is 0 Å². The Hall–Kier alpha value is -0.200. The molecule has 0 N–H and O–H groups in total. The van der Waals surface area contributed by atoms with Crippen LogP contribution in [0, 0.1) is 6.07 Å². The maximum atomic E-state index is 5.84.